The van der Waals surface area contributed by atoms with E-state index in [1.807, 2.05) is 62.4 Å². The molecule has 0 aromatic heterocycles. The number of hydrogen-bond acceptors (Lipinski definition) is 3. The number of likely N-dealkylation sites (tertiary alicyclic amines) is 1. The summed E-state index contributed by atoms with van der Waals surface area (Å²) in [6, 6.07) is 14.6. The third-order valence-electron chi connectivity index (χ3n) is 8.07. The fourth-order valence-corrected chi connectivity index (χ4v) is 6.70. The van der Waals surface area contributed by atoms with Crippen molar-refractivity contribution in [3.05, 3.63) is 77.4 Å². The second kappa shape index (κ2) is 7.41. The van der Waals surface area contributed by atoms with E-state index >= 15 is 0 Å². The van der Waals surface area contributed by atoms with Crippen LogP contribution in [0.2, 0.25) is 0 Å². The van der Waals surface area contributed by atoms with Crippen molar-refractivity contribution in [2.24, 2.45) is 35.5 Å². The first-order chi connectivity index (χ1) is 15.9. The van der Waals surface area contributed by atoms with Crippen molar-refractivity contribution in [1.29, 1.82) is 0 Å². The molecular weight excluding hydrogens is 412 g/mol. The number of allylic oxidation sites excluding steroid dienone is 2. The molecule has 7 rings (SSSR count). The van der Waals surface area contributed by atoms with Gasteiger partial charge in [0.2, 0.25) is 17.7 Å². The van der Waals surface area contributed by atoms with Crippen LogP contribution < -0.4 is 5.32 Å². The minimum atomic E-state index is -0.866. The molecule has 0 spiro atoms. The van der Waals surface area contributed by atoms with Crippen LogP contribution >= 0.6 is 0 Å². The molecule has 2 aromatic rings. The van der Waals surface area contributed by atoms with Crippen LogP contribution in [0.5, 0.6) is 0 Å². The van der Waals surface area contributed by atoms with Crippen molar-refractivity contribution in [2.45, 2.75) is 32.7 Å². The van der Waals surface area contributed by atoms with Crippen molar-refractivity contribution in [2.75, 3.05) is 5.32 Å². The largest absolute Gasteiger partial charge is 0.324 e. The topological polar surface area (TPSA) is 66.5 Å². The Morgan fingerprint density at radius 2 is 1.52 bits per heavy atom. The monoisotopic (exact) mass is 440 g/mol. The average Bonchev–Trinajstić information content (AvgIpc) is 3.56. The molecule has 2 saturated carbocycles. The minimum absolute atomic E-state index is 0.145. The predicted octanol–water partition coefficient (Wildman–Crippen LogP) is 3.91. The lowest BCUT2D eigenvalue weighted by Crippen LogP contribution is -2.49. The number of hydrogen-bond donors (Lipinski definition) is 1. The van der Waals surface area contributed by atoms with Gasteiger partial charge in [0.1, 0.15) is 6.04 Å². The Labute approximate surface area is 193 Å². The van der Waals surface area contributed by atoms with Crippen LogP contribution in [-0.4, -0.2) is 28.7 Å². The van der Waals surface area contributed by atoms with E-state index in [0.29, 0.717) is 23.9 Å². The molecule has 5 heteroatoms. The average molecular weight is 441 g/mol. The number of anilines is 1. The Hall–Kier alpha value is -3.21. The summed E-state index contributed by atoms with van der Waals surface area (Å²) in [6.07, 6.45) is 5.76. The first kappa shape index (κ1) is 20.4. The van der Waals surface area contributed by atoms with Crippen molar-refractivity contribution in [3.8, 4) is 0 Å². The van der Waals surface area contributed by atoms with Crippen molar-refractivity contribution in [1.82, 2.24) is 4.90 Å². The Morgan fingerprint density at radius 3 is 2.09 bits per heavy atom. The van der Waals surface area contributed by atoms with Gasteiger partial charge in [-0.1, -0.05) is 48.6 Å². The predicted molar refractivity (Wildman–Crippen MR) is 125 cm³/mol. The molecule has 5 nitrogen and oxygen atoms in total. The zero-order valence-electron chi connectivity index (χ0n) is 18.9. The number of nitrogens with zero attached hydrogens (tertiary/aromatic N) is 1. The summed E-state index contributed by atoms with van der Waals surface area (Å²) < 4.78 is 0. The molecule has 5 aliphatic rings. The van der Waals surface area contributed by atoms with Crippen LogP contribution in [0.4, 0.5) is 5.69 Å². The van der Waals surface area contributed by atoms with E-state index in [9.17, 15) is 14.4 Å². The zero-order valence-corrected chi connectivity index (χ0v) is 18.9. The van der Waals surface area contributed by atoms with E-state index in [1.54, 1.807) is 0 Å². The summed E-state index contributed by atoms with van der Waals surface area (Å²) in [5.74, 6) is 0.126. The molecule has 0 unspecified atom stereocenters. The lowest BCUT2D eigenvalue weighted by atomic mass is 9.63. The molecule has 7 atom stereocenters. The molecule has 3 fully saturated rings. The van der Waals surface area contributed by atoms with Gasteiger partial charge in [0.15, 0.2) is 0 Å². The molecule has 0 radical (unpaired) electrons. The molecule has 1 aliphatic heterocycles. The number of benzene rings is 2. The number of aryl methyl sites for hydroxylation is 2. The number of nitrogens with one attached hydrogen (secondary N) is 1. The van der Waals surface area contributed by atoms with Gasteiger partial charge in [0.25, 0.3) is 0 Å². The highest BCUT2D eigenvalue weighted by atomic mass is 16.2. The molecular formula is C28H28N2O3. The fraction of sp³-hybridized carbons (Fsp3) is 0.393. The SMILES string of the molecule is Cc1cc(C)cc(NC(=O)[C@@H](Cc2ccccc2)N2C(=O)[C@@H]3[C@@H]4C=C[C@H]([C@H]5C[C@H]45)[C@@H]3C2=O)c1. The second-order valence-corrected chi connectivity index (χ2v) is 10.3. The smallest absolute Gasteiger partial charge is 0.248 e. The van der Waals surface area contributed by atoms with Crippen LogP contribution in [0.25, 0.3) is 0 Å². The molecule has 1 heterocycles. The van der Waals surface area contributed by atoms with Gasteiger partial charge in [0.05, 0.1) is 11.8 Å². The molecule has 1 N–H and O–H groups in total. The van der Waals surface area contributed by atoms with Gasteiger partial charge in [-0.05, 0) is 72.8 Å². The molecule has 2 aromatic carbocycles. The van der Waals surface area contributed by atoms with E-state index in [4.69, 9.17) is 0 Å². The molecule has 1 saturated heterocycles. The minimum Gasteiger partial charge on any atom is -0.324 e. The Balaban J connectivity index is 1.34. The zero-order chi connectivity index (χ0) is 22.9. The number of rotatable bonds is 5. The lowest BCUT2D eigenvalue weighted by Gasteiger charge is -2.37. The molecule has 4 aliphatic carbocycles. The van der Waals surface area contributed by atoms with Crippen LogP contribution in [0, 0.1) is 49.4 Å². The highest BCUT2D eigenvalue weighted by Crippen LogP contribution is 2.65. The van der Waals surface area contributed by atoms with Gasteiger partial charge in [-0.15, -0.1) is 0 Å². The van der Waals surface area contributed by atoms with E-state index < -0.39 is 6.04 Å². The molecule has 33 heavy (non-hydrogen) atoms. The summed E-state index contributed by atoms with van der Waals surface area (Å²) in [5.41, 5.74) is 3.71. The first-order valence-corrected chi connectivity index (χ1v) is 11.9. The summed E-state index contributed by atoms with van der Waals surface area (Å²) in [6.45, 7) is 3.97. The Bertz CT molecular complexity index is 1130. The van der Waals surface area contributed by atoms with Crippen molar-refractivity contribution in [3.63, 3.8) is 0 Å². The number of carbonyl (C=O) groups excluding carboxylic acids is 3. The number of amides is 3. The van der Waals surface area contributed by atoms with Gasteiger partial charge >= 0.3 is 0 Å². The second-order valence-electron chi connectivity index (χ2n) is 10.3. The van der Waals surface area contributed by atoms with Crippen LogP contribution in [0.1, 0.15) is 23.1 Å². The van der Waals surface area contributed by atoms with Crippen molar-refractivity contribution < 1.29 is 14.4 Å². The molecule has 3 amide bonds. The summed E-state index contributed by atoms with van der Waals surface area (Å²) >= 11 is 0. The Morgan fingerprint density at radius 1 is 0.939 bits per heavy atom. The summed E-state index contributed by atoms with van der Waals surface area (Å²) in [5, 5.41) is 3.00. The normalized spacial score (nSPS) is 31.9. The van der Waals surface area contributed by atoms with Gasteiger partial charge in [0, 0.05) is 12.1 Å². The third-order valence-corrected chi connectivity index (χ3v) is 8.07. The highest BCUT2D eigenvalue weighted by Gasteiger charge is 2.67. The standard InChI is InChI=1S/C28H28N2O3/c1-15-10-16(2)12-18(11-15)29-26(31)23(13-17-6-4-3-5-7-17)30-27(32)24-19-8-9-20(22-14-21(19)22)25(24)28(30)33/h3-12,19-25H,13-14H2,1-2H3,(H,29,31)/t19-,20-,21-,22-,23-,24-,25+/m1/s1. The highest BCUT2D eigenvalue weighted by molar-refractivity contribution is 6.10. The number of carbonyl (C=O) groups is 3. The van der Waals surface area contributed by atoms with E-state index in [2.05, 4.69) is 17.5 Å². The maximum Gasteiger partial charge on any atom is 0.248 e. The molecule has 2 bridgehead atoms. The van der Waals surface area contributed by atoms with Crippen molar-refractivity contribution >= 4 is 23.4 Å². The molecule has 168 valence electrons. The number of imide groups is 1. The van der Waals surface area contributed by atoms with Gasteiger partial charge in [-0.25, -0.2) is 0 Å². The van der Waals surface area contributed by atoms with Crippen LogP contribution in [0.3, 0.4) is 0 Å². The maximum absolute atomic E-state index is 13.7. The Kier molecular flexibility index (Phi) is 4.58. The first-order valence-electron chi connectivity index (χ1n) is 11.9. The van der Waals surface area contributed by atoms with Crippen LogP contribution in [-0.2, 0) is 20.8 Å². The summed E-state index contributed by atoms with van der Waals surface area (Å²) in [7, 11) is 0. The fourth-order valence-electron chi connectivity index (χ4n) is 6.70. The van der Waals surface area contributed by atoms with Gasteiger partial charge in [-0.3, -0.25) is 19.3 Å². The maximum atomic E-state index is 13.7. The van der Waals surface area contributed by atoms with Gasteiger partial charge in [-0.2, -0.15) is 0 Å². The van der Waals surface area contributed by atoms with Gasteiger partial charge < -0.3 is 5.32 Å². The van der Waals surface area contributed by atoms with Crippen LogP contribution in [0.15, 0.2) is 60.7 Å². The quantitative estimate of drug-likeness (QED) is 0.566. The third kappa shape index (κ3) is 3.25. The van der Waals surface area contributed by atoms with E-state index in [1.165, 1.54) is 4.90 Å². The lowest BCUT2D eigenvalue weighted by molar-refractivity contribution is -0.146. The van der Waals surface area contributed by atoms with E-state index in [-0.39, 0.29) is 41.4 Å². The van der Waals surface area contributed by atoms with E-state index in [0.717, 1.165) is 23.1 Å². The summed E-state index contributed by atoms with van der Waals surface area (Å²) in [4.78, 5) is 42.3.